The highest BCUT2D eigenvalue weighted by Crippen LogP contribution is 2.22. The van der Waals surface area contributed by atoms with E-state index in [0.29, 0.717) is 6.04 Å². The summed E-state index contributed by atoms with van der Waals surface area (Å²) >= 11 is 1.78. The van der Waals surface area contributed by atoms with Crippen molar-refractivity contribution in [2.75, 3.05) is 26.2 Å². The molecule has 0 bridgehead atoms. The molecule has 0 radical (unpaired) electrons. The molecule has 132 valence electrons. The third-order valence-electron chi connectivity index (χ3n) is 5.04. The third-order valence-corrected chi connectivity index (χ3v) is 5.98. The van der Waals surface area contributed by atoms with E-state index < -0.39 is 0 Å². The lowest BCUT2D eigenvalue weighted by Crippen LogP contribution is -2.50. The number of hydrogen-bond acceptors (Lipinski definition) is 3. The van der Waals surface area contributed by atoms with Crippen molar-refractivity contribution in [3.63, 3.8) is 0 Å². The number of carbonyl (C=O) groups excluding carboxylic acids is 2. The predicted molar refractivity (Wildman–Crippen MR) is 96.2 cm³/mol. The van der Waals surface area contributed by atoms with Gasteiger partial charge >= 0.3 is 6.03 Å². The first-order valence-corrected chi connectivity index (χ1v) is 9.96. The Kier molecular flexibility index (Phi) is 6.12. The number of carbonyl (C=O) groups is 2. The highest BCUT2D eigenvalue weighted by Gasteiger charge is 2.27. The van der Waals surface area contributed by atoms with Crippen molar-refractivity contribution >= 4 is 23.3 Å². The monoisotopic (exact) mass is 349 g/mol. The molecule has 1 N–H and O–H groups in total. The molecule has 0 unspecified atom stereocenters. The van der Waals surface area contributed by atoms with Gasteiger partial charge in [-0.05, 0) is 56.4 Å². The molecule has 2 fully saturated rings. The molecule has 3 heterocycles. The number of likely N-dealkylation sites (tertiary alicyclic amines) is 2. The van der Waals surface area contributed by atoms with E-state index in [4.69, 9.17) is 0 Å². The lowest BCUT2D eigenvalue weighted by atomic mass is 9.98. The Hall–Kier alpha value is -1.56. The first kappa shape index (κ1) is 17.3. The second kappa shape index (κ2) is 8.51. The van der Waals surface area contributed by atoms with Gasteiger partial charge in [0, 0.05) is 30.6 Å². The second-order valence-electron chi connectivity index (χ2n) is 6.71. The van der Waals surface area contributed by atoms with E-state index >= 15 is 0 Å². The maximum atomic E-state index is 12.5. The summed E-state index contributed by atoms with van der Waals surface area (Å²) < 4.78 is 0. The molecule has 3 rings (SSSR count). The first-order valence-electron chi connectivity index (χ1n) is 9.08. The molecule has 1 aromatic rings. The van der Waals surface area contributed by atoms with Gasteiger partial charge in [-0.15, -0.1) is 11.3 Å². The molecule has 1 aromatic heterocycles. The van der Waals surface area contributed by atoms with Crippen LogP contribution in [0.1, 0.15) is 43.4 Å². The van der Waals surface area contributed by atoms with Crippen LogP contribution in [0.15, 0.2) is 17.5 Å². The zero-order valence-corrected chi connectivity index (χ0v) is 15.0. The first-order chi connectivity index (χ1) is 11.7. The molecule has 2 aliphatic rings. The minimum atomic E-state index is -0.0709. The highest BCUT2D eigenvalue weighted by atomic mass is 32.1. The summed E-state index contributed by atoms with van der Waals surface area (Å²) in [6.07, 6.45) is 7.51. The third kappa shape index (κ3) is 4.50. The highest BCUT2D eigenvalue weighted by molar-refractivity contribution is 7.09. The molecular formula is C18H27N3O2S. The predicted octanol–water partition coefficient (Wildman–Crippen LogP) is 2.87. The number of thiophene rings is 1. The normalized spacial score (nSPS) is 21.1. The van der Waals surface area contributed by atoms with Crippen molar-refractivity contribution in [2.24, 2.45) is 0 Å². The van der Waals surface area contributed by atoms with Crippen molar-refractivity contribution in [3.8, 4) is 0 Å². The Morgan fingerprint density at radius 2 is 1.96 bits per heavy atom. The lowest BCUT2D eigenvalue weighted by molar-refractivity contribution is -0.129. The van der Waals surface area contributed by atoms with Crippen molar-refractivity contribution < 1.29 is 9.59 Å². The number of hydrogen-bond donors (Lipinski definition) is 1. The molecular weight excluding hydrogens is 322 g/mol. The summed E-state index contributed by atoms with van der Waals surface area (Å²) in [5.74, 6) is 0.0491. The quantitative estimate of drug-likeness (QED) is 0.889. The molecule has 1 atom stereocenters. The Labute approximate surface area is 148 Å². The van der Waals surface area contributed by atoms with Crippen LogP contribution in [0.4, 0.5) is 4.79 Å². The summed E-state index contributed by atoms with van der Waals surface area (Å²) in [5, 5.41) is 4.95. The lowest BCUT2D eigenvalue weighted by Gasteiger charge is -2.36. The van der Waals surface area contributed by atoms with Crippen LogP contribution in [0.3, 0.4) is 0 Å². The fourth-order valence-electron chi connectivity index (χ4n) is 3.66. The second-order valence-corrected chi connectivity index (χ2v) is 7.74. The van der Waals surface area contributed by atoms with E-state index in [0.717, 1.165) is 58.2 Å². The van der Waals surface area contributed by atoms with E-state index in [1.54, 1.807) is 11.3 Å². The van der Waals surface area contributed by atoms with E-state index in [1.807, 2.05) is 9.80 Å². The molecule has 2 saturated heterocycles. The standard InChI is InChI=1S/C18H27N3O2S/c22-17(20-10-3-4-11-20)14-19-18(23)21-12-2-1-6-15(21)8-9-16-7-5-13-24-16/h5,7,13,15H,1-4,6,8-12,14H2,(H,19,23)/t15-/m0/s1. The minimum Gasteiger partial charge on any atom is -0.341 e. The van der Waals surface area contributed by atoms with Gasteiger partial charge in [-0.2, -0.15) is 0 Å². The van der Waals surface area contributed by atoms with Gasteiger partial charge < -0.3 is 15.1 Å². The molecule has 0 saturated carbocycles. The van der Waals surface area contributed by atoms with E-state index in [2.05, 4.69) is 22.8 Å². The van der Waals surface area contributed by atoms with Gasteiger partial charge in [0.2, 0.25) is 5.91 Å². The minimum absolute atomic E-state index is 0.0491. The Morgan fingerprint density at radius 3 is 2.71 bits per heavy atom. The smallest absolute Gasteiger partial charge is 0.318 e. The maximum absolute atomic E-state index is 12.5. The summed E-state index contributed by atoms with van der Waals surface area (Å²) in [5.41, 5.74) is 0. The zero-order valence-electron chi connectivity index (χ0n) is 14.2. The SMILES string of the molecule is O=C(CNC(=O)N1CCCC[C@H]1CCc1cccs1)N1CCCC1. The molecule has 0 aliphatic carbocycles. The Morgan fingerprint density at radius 1 is 1.17 bits per heavy atom. The van der Waals surface area contributed by atoms with Gasteiger partial charge in [0.25, 0.3) is 0 Å². The van der Waals surface area contributed by atoms with Crippen molar-refractivity contribution in [1.82, 2.24) is 15.1 Å². The van der Waals surface area contributed by atoms with Crippen molar-refractivity contribution in [3.05, 3.63) is 22.4 Å². The van der Waals surface area contributed by atoms with Crippen LogP contribution in [-0.4, -0.2) is 54.0 Å². The number of aryl methyl sites for hydroxylation is 1. The largest absolute Gasteiger partial charge is 0.341 e. The molecule has 0 spiro atoms. The van der Waals surface area contributed by atoms with Crippen LogP contribution in [-0.2, 0) is 11.2 Å². The molecule has 3 amide bonds. The molecule has 0 aromatic carbocycles. The van der Waals surface area contributed by atoms with Crippen molar-refractivity contribution in [1.29, 1.82) is 0 Å². The van der Waals surface area contributed by atoms with Gasteiger partial charge in [0.15, 0.2) is 0 Å². The molecule has 24 heavy (non-hydrogen) atoms. The summed E-state index contributed by atoms with van der Waals surface area (Å²) in [6, 6.07) is 4.46. The van der Waals surface area contributed by atoms with E-state index in [9.17, 15) is 9.59 Å². The van der Waals surface area contributed by atoms with Crippen LogP contribution in [0, 0.1) is 0 Å². The topological polar surface area (TPSA) is 52.7 Å². The van der Waals surface area contributed by atoms with Gasteiger partial charge in [-0.25, -0.2) is 4.79 Å². The van der Waals surface area contributed by atoms with Crippen molar-refractivity contribution in [2.45, 2.75) is 51.0 Å². The van der Waals surface area contributed by atoms with Crippen LogP contribution in [0.2, 0.25) is 0 Å². The summed E-state index contributed by atoms with van der Waals surface area (Å²) in [7, 11) is 0. The van der Waals surface area contributed by atoms with Gasteiger partial charge in [-0.3, -0.25) is 4.79 Å². The van der Waals surface area contributed by atoms with Crippen LogP contribution in [0.25, 0.3) is 0 Å². The summed E-state index contributed by atoms with van der Waals surface area (Å²) in [4.78, 5) is 29.8. The van der Waals surface area contributed by atoms with Crippen LogP contribution >= 0.6 is 11.3 Å². The molecule has 2 aliphatic heterocycles. The fraction of sp³-hybridized carbons (Fsp3) is 0.667. The van der Waals surface area contributed by atoms with E-state index in [-0.39, 0.29) is 18.5 Å². The van der Waals surface area contributed by atoms with Gasteiger partial charge in [-0.1, -0.05) is 6.07 Å². The number of piperidine rings is 1. The fourth-order valence-corrected chi connectivity index (χ4v) is 4.39. The maximum Gasteiger partial charge on any atom is 0.318 e. The van der Waals surface area contributed by atoms with Crippen LogP contribution < -0.4 is 5.32 Å². The average Bonchev–Trinajstić information content (AvgIpc) is 3.31. The van der Waals surface area contributed by atoms with E-state index in [1.165, 1.54) is 11.3 Å². The molecule has 6 heteroatoms. The van der Waals surface area contributed by atoms with Gasteiger partial charge in [0.05, 0.1) is 6.54 Å². The number of nitrogens with zero attached hydrogens (tertiary/aromatic N) is 2. The van der Waals surface area contributed by atoms with Gasteiger partial charge in [0.1, 0.15) is 0 Å². The number of nitrogens with one attached hydrogen (secondary N) is 1. The van der Waals surface area contributed by atoms with Crippen LogP contribution in [0.5, 0.6) is 0 Å². The summed E-state index contributed by atoms with van der Waals surface area (Å²) in [6.45, 7) is 2.61. The molecule has 5 nitrogen and oxygen atoms in total. The Bertz CT molecular complexity index is 540. The average molecular weight is 350 g/mol. The number of rotatable bonds is 5. The zero-order chi connectivity index (χ0) is 16.8. The number of urea groups is 1. The Balaban J connectivity index is 1.48. The number of amides is 3.